The van der Waals surface area contributed by atoms with Crippen LogP contribution in [-0.4, -0.2) is 68.5 Å². The number of carboxylic acid groups (broad SMARTS) is 2. The summed E-state index contributed by atoms with van der Waals surface area (Å²) in [5.41, 5.74) is 0.702. The lowest BCUT2D eigenvalue weighted by Crippen LogP contribution is -2.34. The van der Waals surface area contributed by atoms with Gasteiger partial charge in [-0.05, 0) is 55.5 Å². The van der Waals surface area contributed by atoms with E-state index in [1.165, 1.54) is 0 Å². The molecule has 1 aromatic carbocycles. The molecule has 1 aliphatic rings. The summed E-state index contributed by atoms with van der Waals surface area (Å²) in [6.45, 7) is 2.56. The molecule has 5 N–H and O–H groups in total. The van der Waals surface area contributed by atoms with Crippen molar-refractivity contribution in [2.24, 2.45) is 0 Å². The van der Waals surface area contributed by atoms with Crippen LogP contribution in [0, 0.1) is 10.1 Å². The maximum absolute atomic E-state index is 12.1. The second kappa shape index (κ2) is 14.8. The summed E-state index contributed by atoms with van der Waals surface area (Å²) >= 11 is 1.04. The first-order valence-corrected chi connectivity index (χ1v) is 13.8. The molecule has 0 saturated heterocycles. The molecule has 220 valence electrons. The number of carboxylic acids is 2. The predicted molar refractivity (Wildman–Crippen MR) is 147 cm³/mol. The number of rotatable bonds is 15. The molecule has 41 heavy (non-hydrogen) atoms. The highest BCUT2D eigenvalue weighted by atomic mass is 32.2. The number of aromatic nitrogens is 2. The fourth-order valence-electron chi connectivity index (χ4n) is 3.86. The molecule has 2 aromatic rings. The van der Waals surface area contributed by atoms with Crippen LogP contribution in [0.1, 0.15) is 43.5 Å². The zero-order chi connectivity index (χ0) is 29.9. The molecule has 1 aromatic heterocycles. The van der Waals surface area contributed by atoms with E-state index in [1.807, 2.05) is 12.1 Å². The average Bonchev–Trinajstić information content (AvgIpc) is 2.94. The van der Waals surface area contributed by atoms with Crippen molar-refractivity contribution >= 4 is 41.2 Å². The van der Waals surface area contributed by atoms with Gasteiger partial charge in [-0.1, -0.05) is 23.9 Å². The summed E-state index contributed by atoms with van der Waals surface area (Å²) in [6, 6.07) is 3.66. The number of carbonyl (C=O) groups is 3. The molecular formula is C25H30N6O9S. The minimum atomic E-state index is -1.48. The van der Waals surface area contributed by atoms with Gasteiger partial charge in [0.2, 0.25) is 5.82 Å². The lowest BCUT2D eigenvalue weighted by Gasteiger charge is -2.23. The maximum Gasteiger partial charge on any atom is 0.373 e. The van der Waals surface area contributed by atoms with Crippen molar-refractivity contribution in [2.75, 3.05) is 24.7 Å². The third-order valence-electron chi connectivity index (χ3n) is 5.73. The number of nitrogens with one attached hydrogen (secondary N) is 3. The first-order chi connectivity index (χ1) is 19.6. The summed E-state index contributed by atoms with van der Waals surface area (Å²) in [7, 11) is 0. The lowest BCUT2D eigenvalue weighted by atomic mass is 10.0. The Hall–Kier alpha value is -4.44. The molecule has 0 saturated carbocycles. The van der Waals surface area contributed by atoms with Crippen LogP contribution in [0.15, 0.2) is 35.6 Å². The Morgan fingerprint density at radius 1 is 1.24 bits per heavy atom. The van der Waals surface area contributed by atoms with Crippen molar-refractivity contribution in [2.45, 2.75) is 50.0 Å². The van der Waals surface area contributed by atoms with E-state index in [1.54, 1.807) is 31.5 Å². The zero-order valence-corrected chi connectivity index (χ0v) is 23.1. The molecule has 15 nitrogen and oxygen atoms in total. The molecule has 2 heterocycles. The smallest absolute Gasteiger partial charge is 0.373 e. The van der Waals surface area contributed by atoms with Crippen LogP contribution in [0.4, 0.5) is 11.5 Å². The number of ether oxygens (including phenoxy) is 2. The molecule has 0 amide bonds. The molecule has 1 aliphatic heterocycles. The minimum absolute atomic E-state index is 0.0508. The van der Waals surface area contributed by atoms with E-state index >= 15 is 0 Å². The van der Waals surface area contributed by atoms with Gasteiger partial charge in [-0.2, -0.15) is 9.97 Å². The van der Waals surface area contributed by atoms with E-state index in [0.717, 1.165) is 17.3 Å². The summed E-state index contributed by atoms with van der Waals surface area (Å²) in [4.78, 5) is 54.3. The minimum Gasteiger partial charge on any atom is -0.481 e. The molecule has 2 atom stereocenters. The van der Waals surface area contributed by atoms with Crippen molar-refractivity contribution in [3.05, 3.63) is 51.7 Å². The van der Waals surface area contributed by atoms with Crippen molar-refractivity contribution in [3.8, 4) is 11.6 Å². The number of esters is 1. The normalized spacial score (nSPS) is 14.9. The van der Waals surface area contributed by atoms with Crippen LogP contribution < -0.4 is 20.7 Å². The number of hydrogen-bond donors (Lipinski definition) is 5. The lowest BCUT2D eigenvalue weighted by molar-refractivity contribution is -0.385. The monoisotopic (exact) mass is 590 g/mol. The molecule has 0 spiro atoms. The third kappa shape index (κ3) is 9.04. The van der Waals surface area contributed by atoms with Crippen LogP contribution in [0.2, 0.25) is 0 Å². The fraction of sp³-hybridized carbons (Fsp3) is 0.400. The van der Waals surface area contributed by atoms with Gasteiger partial charge in [0.05, 0.1) is 11.5 Å². The molecule has 0 fully saturated rings. The summed E-state index contributed by atoms with van der Waals surface area (Å²) in [6.07, 6.45) is 4.57. The third-order valence-corrected chi connectivity index (χ3v) is 6.28. The molecule has 3 rings (SSSR count). The number of carbonyl (C=O) groups excluding carboxylic acids is 1. The van der Waals surface area contributed by atoms with Crippen molar-refractivity contribution in [3.63, 3.8) is 0 Å². The van der Waals surface area contributed by atoms with Gasteiger partial charge in [0, 0.05) is 19.4 Å². The number of nitro groups is 1. The number of benzene rings is 1. The number of aryl methyl sites for hydroxylation is 1. The SMILES string of the molecule is CCOC(=O)CCc1cc(Oc2nc(SC)nc(NC(CCC(=O)O)C(=O)O)c2[N+](=O)[O-])cc(C2NC=CCN2)c1. The quantitative estimate of drug-likeness (QED) is 0.0662. The van der Waals surface area contributed by atoms with Gasteiger partial charge in [-0.3, -0.25) is 25.0 Å². The van der Waals surface area contributed by atoms with Crippen LogP contribution in [-0.2, 0) is 25.5 Å². The fourth-order valence-corrected chi connectivity index (χ4v) is 4.22. The van der Waals surface area contributed by atoms with E-state index in [2.05, 4.69) is 25.9 Å². The summed E-state index contributed by atoms with van der Waals surface area (Å²) in [5, 5.41) is 39.6. The predicted octanol–water partition coefficient (Wildman–Crippen LogP) is 2.83. The molecule has 0 bridgehead atoms. The Bertz CT molecular complexity index is 1320. The van der Waals surface area contributed by atoms with Crippen LogP contribution >= 0.6 is 11.8 Å². The molecule has 16 heteroatoms. The molecular weight excluding hydrogens is 560 g/mol. The van der Waals surface area contributed by atoms with E-state index in [4.69, 9.17) is 14.6 Å². The maximum atomic E-state index is 12.1. The van der Waals surface area contributed by atoms with Gasteiger partial charge in [-0.15, -0.1) is 0 Å². The van der Waals surface area contributed by atoms with Gasteiger partial charge in [0.1, 0.15) is 18.0 Å². The zero-order valence-electron chi connectivity index (χ0n) is 22.3. The van der Waals surface area contributed by atoms with Gasteiger partial charge in [0.25, 0.3) is 0 Å². The summed E-state index contributed by atoms with van der Waals surface area (Å²) in [5.74, 6) is -3.70. The number of anilines is 1. The molecule has 2 unspecified atom stereocenters. The highest BCUT2D eigenvalue weighted by molar-refractivity contribution is 7.98. The van der Waals surface area contributed by atoms with Gasteiger partial charge in [0.15, 0.2) is 5.16 Å². The Labute approximate surface area is 238 Å². The average molecular weight is 591 g/mol. The number of thioether (sulfide) groups is 1. The largest absolute Gasteiger partial charge is 0.481 e. The van der Waals surface area contributed by atoms with E-state index in [0.29, 0.717) is 18.5 Å². The second-order valence-corrected chi connectivity index (χ2v) is 9.44. The molecule has 0 radical (unpaired) electrons. The van der Waals surface area contributed by atoms with Crippen molar-refractivity contribution < 1.29 is 39.0 Å². The van der Waals surface area contributed by atoms with Crippen LogP contribution in [0.25, 0.3) is 0 Å². The van der Waals surface area contributed by atoms with Gasteiger partial charge < -0.3 is 30.3 Å². The second-order valence-electron chi connectivity index (χ2n) is 8.67. The van der Waals surface area contributed by atoms with Crippen LogP contribution in [0.3, 0.4) is 0 Å². The number of hydrogen-bond acceptors (Lipinski definition) is 13. The van der Waals surface area contributed by atoms with Crippen molar-refractivity contribution in [1.29, 1.82) is 0 Å². The topological polar surface area (TPSA) is 215 Å². The van der Waals surface area contributed by atoms with E-state index < -0.39 is 46.7 Å². The number of aliphatic carboxylic acids is 2. The van der Waals surface area contributed by atoms with Gasteiger partial charge in [-0.25, -0.2) is 4.79 Å². The first kappa shape index (κ1) is 31.1. The Morgan fingerprint density at radius 2 is 2.02 bits per heavy atom. The standard InChI is InChI=1S/C25H30N6O9S/c1-3-39-19(34)8-5-14-11-15(21-26-9-4-10-27-21)13-16(12-14)40-23-20(31(37)38)22(29-25(30-23)41-2)28-17(24(35)36)6-7-18(32)33/h4,9,11-13,17,21,26-27H,3,5-8,10H2,1-2H3,(H,32,33)(H,35,36)(H,28,29,30). The van der Waals surface area contributed by atoms with Crippen molar-refractivity contribution in [1.82, 2.24) is 20.6 Å². The Morgan fingerprint density at radius 3 is 2.63 bits per heavy atom. The van der Waals surface area contributed by atoms with E-state index in [-0.39, 0.29) is 42.5 Å². The highest BCUT2D eigenvalue weighted by Gasteiger charge is 2.31. The summed E-state index contributed by atoms with van der Waals surface area (Å²) < 4.78 is 11.0. The Balaban J connectivity index is 2.02. The van der Waals surface area contributed by atoms with E-state index in [9.17, 15) is 29.6 Å². The first-order valence-electron chi connectivity index (χ1n) is 12.5. The Kier molecular flexibility index (Phi) is 11.2. The van der Waals surface area contributed by atoms with Crippen LogP contribution in [0.5, 0.6) is 11.6 Å². The van der Waals surface area contributed by atoms with Gasteiger partial charge >= 0.3 is 29.5 Å². The molecule has 0 aliphatic carbocycles. The number of nitrogens with zero attached hydrogens (tertiary/aromatic N) is 3. The highest BCUT2D eigenvalue weighted by Crippen LogP contribution is 2.38.